The highest BCUT2D eigenvalue weighted by atomic mass is 32.2. The predicted molar refractivity (Wildman–Crippen MR) is 115 cm³/mol. The number of urea groups is 1. The molecule has 0 saturated carbocycles. The molecule has 9 nitrogen and oxygen atoms in total. The molecular weight excluding hydrogens is 410 g/mol. The third-order valence-electron chi connectivity index (χ3n) is 3.87. The molecule has 0 spiro atoms. The van der Waals surface area contributed by atoms with E-state index >= 15 is 0 Å². The molecule has 1 N–H and O–H groups in total. The van der Waals surface area contributed by atoms with Crippen molar-refractivity contribution in [2.24, 2.45) is 0 Å². The quantitative estimate of drug-likeness (QED) is 0.356. The van der Waals surface area contributed by atoms with Crippen molar-refractivity contribution in [2.45, 2.75) is 52.7 Å². The number of thioether (sulfide) groups is 1. The number of amides is 2. The minimum Gasteiger partial charge on any atom is -0.458 e. The summed E-state index contributed by atoms with van der Waals surface area (Å²) in [6, 6.07) is 4.83. The lowest BCUT2D eigenvalue weighted by Crippen LogP contribution is -2.49. The molecule has 1 aromatic carbocycles. The highest BCUT2D eigenvalue weighted by Crippen LogP contribution is 2.13. The molecular formula is C20H29N3O6S. The fourth-order valence-corrected chi connectivity index (χ4v) is 2.99. The molecule has 166 valence electrons. The monoisotopic (exact) mass is 439 g/mol. The molecule has 0 bridgehead atoms. The average Bonchev–Trinajstić information content (AvgIpc) is 2.62. The van der Waals surface area contributed by atoms with Crippen molar-refractivity contribution in [2.75, 3.05) is 18.8 Å². The number of benzene rings is 1. The van der Waals surface area contributed by atoms with Gasteiger partial charge in [-0.3, -0.25) is 14.9 Å². The summed E-state index contributed by atoms with van der Waals surface area (Å²) in [6.45, 7) is 8.87. The van der Waals surface area contributed by atoms with Gasteiger partial charge in [-0.1, -0.05) is 23.9 Å². The van der Waals surface area contributed by atoms with Crippen LogP contribution in [-0.2, 0) is 20.7 Å². The number of nitrogens with zero attached hydrogens (tertiary/aromatic N) is 2. The second-order valence-corrected chi connectivity index (χ2v) is 8.98. The molecule has 0 aliphatic rings. The van der Waals surface area contributed by atoms with E-state index in [-0.39, 0.29) is 10.8 Å². The number of non-ortho nitro benzene ring substituents is 1. The maximum absolute atomic E-state index is 12.7. The van der Waals surface area contributed by atoms with Gasteiger partial charge in [-0.05, 0) is 39.7 Å². The number of nitro benzene ring substituents is 1. The summed E-state index contributed by atoms with van der Waals surface area (Å²) in [7, 11) is 0. The summed E-state index contributed by atoms with van der Waals surface area (Å²) < 4.78 is 5.28. The lowest BCUT2D eigenvalue weighted by Gasteiger charge is -2.26. The summed E-state index contributed by atoms with van der Waals surface area (Å²) in [4.78, 5) is 47.8. The van der Waals surface area contributed by atoms with Crippen LogP contribution in [0.1, 0.15) is 40.2 Å². The van der Waals surface area contributed by atoms with E-state index in [0.717, 1.165) is 17.3 Å². The minimum absolute atomic E-state index is 0.00241. The predicted octanol–water partition coefficient (Wildman–Crippen LogP) is 3.16. The Balaban J connectivity index is 2.75. The maximum Gasteiger partial charge on any atom is 0.328 e. The van der Waals surface area contributed by atoms with Crippen molar-refractivity contribution in [3.8, 4) is 0 Å². The van der Waals surface area contributed by atoms with Crippen LogP contribution in [0.5, 0.6) is 0 Å². The Labute approximate surface area is 180 Å². The largest absolute Gasteiger partial charge is 0.458 e. The second-order valence-electron chi connectivity index (χ2n) is 7.71. The van der Waals surface area contributed by atoms with Gasteiger partial charge in [0.05, 0.1) is 4.92 Å². The molecule has 10 heteroatoms. The van der Waals surface area contributed by atoms with Gasteiger partial charge in [-0.15, -0.1) is 0 Å². The number of carbonyl (C=O) groups excluding carboxylic acids is 3. The first-order valence-corrected chi connectivity index (χ1v) is 10.5. The standard InChI is InChI=1S/C20H29N3O6S/c1-14(18(25)29-20(3,4)5)21-19(26)22(12-13-30-15(2)24)11-10-16-6-8-17(9-7-16)23(27)28/h6-9,14H,10-13H2,1-5H3,(H,21,26)/t14-/m0/s1. The average molecular weight is 440 g/mol. The second kappa shape index (κ2) is 11.5. The Hall–Kier alpha value is -2.62. The summed E-state index contributed by atoms with van der Waals surface area (Å²) in [6.07, 6.45) is 0.469. The number of esters is 1. The van der Waals surface area contributed by atoms with E-state index in [2.05, 4.69) is 5.32 Å². The molecule has 0 heterocycles. The number of hydrogen-bond acceptors (Lipinski definition) is 7. The van der Waals surface area contributed by atoms with Crippen molar-refractivity contribution in [1.82, 2.24) is 10.2 Å². The van der Waals surface area contributed by atoms with Gasteiger partial charge in [-0.25, -0.2) is 9.59 Å². The minimum atomic E-state index is -0.834. The van der Waals surface area contributed by atoms with Crippen molar-refractivity contribution < 1.29 is 24.0 Å². The maximum atomic E-state index is 12.7. The van der Waals surface area contributed by atoms with Crippen LogP contribution in [0, 0.1) is 10.1 Å². The first-order chi connectivity index (χ1) is 13.9. The molecule has 0 radical (unpaired) electrons. The Morgan fingerprint density at radius 1 is 1.20 bits per heavy atom. The lowest BCUT2D eigenvalue weighted by molar-refractivity contribution is -0.384. The number of carbonyl (C=O) groups is 3. The molecule has 1 atom stereocenters. The molecule has 0 aromatic heterocycles. The summed E-state index contributed by atoms with van der Waals surface area (Å²) in [5.41, 5.74) is 0.166. The van der Waals surface area contributed by atoms with Crippen LogP contribution in [0.2, 0.25) is 0 Å². The Morgan fingerprint density at radius 2 is 1.80 bits per heavy atom. The highest BCUT2D eigenvalue weighted by Gasteiger charge is 2.25. The van der Waals surface area contributed by atoms with Crippen molar-refractivity contribution >= 4 is 34.6 Å². The zero-order valence-corrected chi connectivity index (χ0v) is 18.8. The lowest BCUT2D eigenvalue weighted by atomic mass is 10.1. The third kappa shape index (κ3) is 9.73. The van der Waals surface area contributed by atoms with Gasteiger partial charge in [0.25, 0.3) is 5.69 Å². The van der Waals surface area contributed by atoms with E-state index in [1.807, 2.05) is 0 Å². The number of rotatable bonds is 9. The van der Waals surface area contributed by atoms with E-state index in [1.54, 1.807) is 39.8 Å². The molecule has 1 rings (SSSR count). The fourth-order valence-electron chi connectivity index (χ4n) is 2.39. The first-order valence-electron chi connectivity index (χ1n) is 9.54. The van der Waals surface area contributed by atoms with E-state index in [1.165, 1.54) is 24.0 Å². The SMILES string of the molecule is CC(=O)SCCN(CCc1ccc([N+](=O)[O-])cc1)C(=O)N[C@@H](C)C(=O)OC(C)(C)C. The van der Waals surface area contributed by atoms with E-state index in [4.69, 9.17) is 4.74 Å². The Morgan fingerprint density at radius 3 is 2.30 bits per heavy atom. The van der Waals surface area contributed by atoms with Gasteiger partial charge in [0, 0.05) is 37.9 Å². The van der Waals surface area contributed by atoms with E-state index < -0.39 is 28.6 Å². The Kier molecular flexibility index (Phi) is 9.77. The van der Waals surface area contributed by atoms with Crippen LogP contribution >= 0.6 is 11.8 Å². The van der Waals surface area contributed by atoms with Gasteiger partial charge < -0.3 is 15.0 Å². The molecule has 0 aliphatic carbocycles. The molecule has 0 unspecified atom stereocenters. The fraction of sp³-hybridized carbons (Fsp3) is 0.550. The van der Waals surface area contributed by atoms with Gasteiger partial charge in [0.2, 0.25) is 0 Å². The van der Waals surface area contributed by atoms with Crippen LogP contribution < -0.4 is 5.32 Å². The third-order valence-corrected chi connectivity index (χ3v) is 4.66. The van der Waals surface area contributed by atoms with Crippen LogP contribution in [0.15, 0.2) is 24.3 Å². The van der Waals surface area contributed by atoms with E-state index in [0.29, 0.717) is 25.3 Å². The van der Waals surface area contributed by atoms with Crippen LogP contribution in [0.3, 0.4) is 0 Å². The van der Waals surface area contributed by atoms with Gasteiger partial charge in [-0.2, -0.15) is 0 Å². The molecule has 0 fully saturated rings. The van der Waals surface area contributed by atoms with Gasteiger partial charge in [0.15, 0.2) is 5.12 Å². The zero-order chi connectivity index (χ0) is 22.9. The smallest absolute Gasteiger partial charge is 0.328 e. The van der Waals surface area contributed by atoms with Crippen molar-refractivity contribution in [3.05, 3.63) is 39.9 Å². The Bertz CT molecular complexity index is 761. The van der Waals surface area contributed by atoms with Crippen molar-refractivity contribution in [3.63, 3.8) is 0 Å². The van der Waals surface area contributed by atoms with E-state index in [9.17, 15) is 24.5 Å². The van der Waals surface area contributed by atoms with Gasteiger partial charge >= 0.3 is 12.0 Å². The molecule has 1 aromatic rings. The normalized spacial score (nSPS) is 12.0. The van der Waals surface area contributed by atoms with Crippen LogP contribution in [0.4, 0.5) is 10.5 Å². The molecule has 0 aliphatic heterocycles. The molecule has 30 heavy (non-hydrogen) atoms. The topological polar surface area (TPSA) is 119 Å². The van der Waals surface area contributed by atoms with Crippen LogP contribution in [0.25, 0.3) is 0 Å². The summed E-state index contributed by atoms with van der Waals surface area (Å²) in [5.74, 6) is -0.117. The highest BCUT2D eigenvalue weighted by molar-refractivity contribution is 8.13. The van der Waals surface area contributed by atoms with Crippen LogP contribution in [-0.4, -0.2) is 57.4 Å². The summed E-state index contributed by atoms with van der Waals surface area (Å²) >= 11 is 1.11. The molecule has 2 amide bonds. The molecule has 0 saturated heterocycles. The zero-order valence-electron chi connectivity index (χ0n) is 18.0. The first kappa shape index (κ1) is 25.4. The summed E-state index contributed by atoms with van der Waals surface area (Å²) in [5, 5.41) is 13.3. The number of ether oxygens (including phenoxy) is 1. The number of nitrogens with one attached hydrogen (secondary N) is 1. The number of hydrogen-bond donors (Lipinski definition) is 1. The van der Waals surface area contributed by atoms with Crippen molar-refractivity contribution in [1.29, 1.82) is 0 Å². The number of nitro groups is 1. The van der Waals surface area contributed by atoms with Gasteiger partial charge in [0.1, 0.15) is 11.6 Å².